The molecule has 30 heavy (non-hydrogen) atoms. The van der Waals surface area contributed by atoms with Gasteiger partial charge in [0.2, 0.25) is 6.79 Å². The van der Waals surface area contributed by atoms with Gasteiger partial charge < -0.3 is 18.5 Å². The molecule has 1 aliphatic heterocycles. The summed E-state index contributed by atoms with van der Waals surface area (Å²) >= 11 is 0. The Hall–Kier alpha value is -4.00. The molecule has 0 atom stereocenters. The third kappa shape index (κ3) is 3.10. The first kappa shape index (κ1) is 18.1. The normalized spacial score (nSPS) is 12.7. The number of furan rings is 1. The van der Waals surface area contributed by atoms with Crippen molar-refractivity contribution in [1.29, 1.82) is 0 Å². The van der Waals surface area contributed by atoms with Crippen LogP contribution in [-0.4, -0.2) is 23.5 Å². The summed E-state index contributed by atoms with van der Waals surface area (Å²) in [4.78, 5) is 12.3. The maximum Gasteiger partial charge on any atom is 0.307 e. The second-order valence-electron chi connectivity index (χ2n) is 7.05. The lowest BCUT2D eigenvalue weighted by Crippen LogP contribution is -2.16. The minimum Gasteiger partial charge on any atom is -0.454 e. The van der Waals surface area contributed by atoms with Crippen molar-refractivity contribution in [3.63, 3.8) is 0 Å². The topological polar surface area (TPSA) is 78.0 Å². The number of fused-ring (bicyclic) bond motifs is 2. The van der Waals surface area contributed by atoms with Gasteiger partial charge in [-0.3, -0.25) is 4.79 Å². The molecule has 1 N–H and O–H groups in total. The molecule has 1 amide bonds. The van der Waals surface area contributed by atoms with Crippen molar-refractivity contribution in [2.24, 2.45) is 5.10 Å². The second-order valence-corrected chi connectivity index (χ2v) is 7.05. The van der Waals surface area contributed by atoms with Crippen molar-refractivity contribution in [1.82, 2.24) is 9.99 Å². The first-order chi connectivity index (χ1) is 14.6. The highest BCUT2D eigenvalue weighted by atomic mass is 16.7. The molecule has 7 nitrogen and oxygen atoms in total. The summed E-state index contributed by atoms with van der Waals surface area (Å²) in [6.45, 7) is 4.26. The van der Waals surface area contributed by atoms with Gasteiger partial charge in [-0.25, -0.2) is 5.43 Å². The molecule has 2 aromatic carbocycles. The Labute approximate surface area is 172 Å². The second kappa shape index (κ2) is 7.11. The van der Waals surface area contributed by atoms with E-state index in [-0.39, 0.29) is 12.6 Å². The van der Waals surface area contributed by atoms with Crippen molar-refractivity contribution < 1.29 is 18.7 Å². The number of aryl methyl sites for hydroxylation is 1. The fraction of sp³-hybridized carbons (Fsp3) is 0.130. The standard InChI is InChI=1S/C23H19N3O4/c1-14-9-17(15(2)26(14)18-7-8-20-21(11-18)29-13-28-20)12-24-25-23(27)22-10-16-5-3-4-6-19(16)30-22/h3-12H,13H2,1-2H3,(H,25,27)/b24-12+. The lowest BCUT2D eigenvalue weighted by Gasteiger charge is -2.10. The molecule has 0 bridgehead atoms. The average Bonchev–Trinajstić information content (AvgIpc) is 3.44. The number of hydrogen-bond acceptors (Lipinski definition) is 5. The average molecular weight is 401 g/mol. The summed E-state index contributed by atoms with van der Waals surface area (Å²) in [5, 5.41) is 4.99. The molecule has 3 heterocycles. The highest BCUT2D eigenvalue weighted by Crippen LogP contribution is 2.34. The molecule has 5 rings (SSSR count). The van der Waals surface area contributed by atoms with Crippen molar-refractivity contribution in [3.8, 4) is 17.2 Å². The summed E-state index contributed by atoms with van der Waals surface area (Å²) in [7, 11) is 0. The van der Waals surface area contributed by atoms with E-state index in [0.717, 1.165) is 39.5 Å². The Kier molecular flexibility index (Phi) is 4.28. The molecule has 0 saturated heterocycles. The number of hydrogen-bond donors (Lipinski definition) is 1. The van der Waals surface area contributed by atoms with Crippen LogP contribution in [0.3, 0.4) is 0 Å². The van der Waals surface area contributed by atoms with Crippen LogP contribution in [0.25, 0.3) is 16.7 Å². The van der Waals surface area contributed by atoms with Gasteiger partial charge in [-0.2, -0.15) is 5.10 Å². The SMILES string of the molecule is Cc1cc(/C=N/NC(=O)c2cc3ccccc3o2)c(C)n1-c1ccc2c(c1)OCO2. The van der Waals surface area contributed by atoms with E-state index in [4.69, 9.17) is 13.9 Å². The van der Waals surface area contributed by atoms with E-state index in [1.807, 2.05) is 62.4 Å². The molecular weight excluding hydrogens is 382 g/mol. The highest BCUT2D eigenvalue weighted by Gasteiger charge is 2.16. The van der Waals surface area contributed by atoms with Crippen LogP contribution >= 0.6 is 0 Å². The van der Waals surface area contributed by atoms with Crippen LogP contribution in [0, 0.1) is 13.8 Å². The van der Waals surface area contributed by atoms with Gasteiger partial charge in [0, 0.05) is 34.1 Å². The van der Waals surface area contributed by atoms with E-state index in [1.165, 1.54) is 0 Å². The van der Waals surface area contributed by atoms with E-state index in [1.54, 1.807) is 12.3 Å². The number of rotatable bonds is 4. The van der Waals surface area contributed by atoms with Gasteiger partial charge in [-0.05, 0) is 44.2 Å². The summed E-state index contributed by atoms with van der Waals surface area (Å²) in [6.07, 6.45) is 1.63. The largest absolute Gasteiger partial charge is 0.454 e. The van der Waals surface area contributed by atoms with Gasteiger partial charge in [-0.15, -0.1) is 0 Å². The maximum absolute atomic E-state index is 12.3. The minimum absolute atomic E-state index is 0.221. The van der Waals surface area contributed by atoms with Crippen LogP contribution in [0.4, 0.5) is 0 Å². The molecule has 0 aliphatic carbocycles. The zero-order valence-electron chi connectivity index (χ0n) is 16.5. The molecule has 0 spiro atoms. The van der Waals surface area contributed by atoms with Crippen LogP contribution in [0.2, 0.25) is 0 Å². The van der Waals surface area contributed by atoms with E-state index < -0.39 is 5.91 Å². The molecule has 0 saturated carbocycles. The number of aromatic nitrogens is 1. The monoisotopic (exact) mass is 401 g/mol. The van der Waals surface area contributed by atoms with Gasteiger partial charge in [0.25, 0.3) is 0 Å². The van der Waals surface area contributed by atoms with Gasteiger partial charge in [0.15, 0.2) is 17.3 Å². The van der Waals surface area contributed by atoms with Crippen LogP contribution in [0.15, 0.2) is 64.1 Å². The summed E-state index contributed by atoms with van der Waals surface area (Å²) < 4.78 is 18.5. The van der Waals surface area contributed by atoms with Crippen LogP contribution < -0.4 is 14.9 Å². The third-order valence-corrected chi connectivity index (χ3v) is 5.10. The van der Waals surface area contributed by atoms with Gasteiger partial charge in [-0.1, -0.05) is 18.2 Å². The number of carbonyl (C=O) groups excluding carboxylic acids is 1. The number of amides is 1. The van der Waals surface area contributed by atoms with E-state index in [2.05, 4.69) is 15.1 Å². The first-order valence-electron chi connectivity index (χ1n) is 9.51. The summed E-state index contributed by atoms with van der Waals surface area (Å²) in [5.41, 5.74) is 7.10. The molecule has 0 radical (unpaired) electrons. The van der Waals surface area contributed by atoms with Crippen molar-refractivity contribution in [3.05, 3.63) is 77.3 Å². The maximum atomic E-state index is 12.3. The lowest BCUT2D eigenvalue weighted by molar-refractivity contribution is 0.0929. The van der Waals surface area contributed by atoms with Crippen LogP contribution in [0.5, 0.6) is 11.5 Å². The summed E-state index contributed by atoms with van der Waals surface area (Å²) in [5.74, 6) is 1.30. The van der Waals surface area contributed by atoms with E-state index >= 15 is 0 Å². The Morgan fingerprint density at radius 1 is 1.07 bits per heavy atom. The first-order valence-corrected chi connectivity index (χ1v) is 9.51. The van der Waals surface area contributed by atoms with Crippen LogP contribution in [-0.2, 0) is 0 Å². The number of nitrogens with zero attached hydrogens (tertiary/aromatic N) is 2. The fourth-order valence-corrected chi connectivity index (χ4v) is 3.65. The van der Waals surface area contributed by atoms with Gasteiger partial charge in [0.05, 0.1) is 6.21 Å². The molecular formula is C23H19N3O4. The molecule has 4 aromatic rings. The third-order valence-electron chi connectivity index (χ3n) is 5.10. The minimum atomic E-state index is -0.396. The zero-order chi connectivity index (χ0) is 20.7. The molecule has 1 aliphatic rings. The molecule has 7 heteroatoms. The Bertz CT molecular complexity index is 1270. The van der Waals surface area contributed by atoms with Crippen molar-refractivity contribution in [2.45, 2.75) is 13.8 Å². The quantitative estimate of drug-likeness (QED) is 0.408. The number of carbonyl (C=O) groups is 1. The number of benzene rings is 2. The van der Waals surface area contributed by atoms with E-state index in [0.29, 0.717) is 5.58 Å². The van der Waals surface area contributed by atoms with Gasteiger partial charge in [0.1, 0.15) is 5.58 Å². The Morgan fingerprint density at radius 3 is 2.77 bits per heavy atom. The number of para-hydroxylation sites is 1. The fourth-order valence-electron chi connectivity index (χ4n) is 3.65. The molecule has 2 aromatic heterocycles. The number of nitrogens with one attached hydrogen (secondary N) is 1. The van der Waals surface area contributed by atoms with Crippen molar-refractivity contribution in [2.75, 3.05) is 6.79 Å². The molecule has 0 fully saturated rings. The Morgan fingerprint density at radius 2 is 1.90 bits per heavy atom. The summed E-state index contributed by atoms with van der Waals surface area (Å²) in [6, 6.07) is 17.0. The lowest BCUT2D eigenvalue weighted by atomic mass is 10.2. The Balaban J connectivity index is 1.35. The predicted octanol–water partition coefficient (Wildman–Crippen LogP) is 4.33. The highest BCUT2D eigenvalue weighted by molar-refractivity contribution is 5.96. The van der Waals surface area contributed by atoms with Crippen molar-refractivity contribution >= 4 is 23.1 Å². The van der Waals surface area contributed by atoms with Crippen LogP contribution in [0.1, 0.15) is 27.5 Å². The molecule has 150 valence electrons. The predicted molar refractivity (Wildman–Crippen MR) is 113 cm³/mol. The zero-order valence-corrected chi connectivity index (χ0v) is 16.5. The number of hydrazone groups is 1. The van der Waals surface area contributed by atoms with Gasteiger partial charge >= 0.3 is 5.91 Å². The number of ether oxygens (including phenoxy) is 2. The molecule has 0 unspecified atom stereocenters. The van der Waals surface area contributed by atoms with E-state index in [9.17, 15) is 4.79 Å². The smallest absolute Gasteiger partial charge is 0.307 e.